The predicted molar refractivity (Wildman–Crippen MR) is 73.6 cm³/mol. The quantitative estimate of drug-likeness (QED) is 0.859. The number of hydrogen-bond acceptors (Lipinski definition) is 4. The summed E-state index contributed by atoms with van der Waals surface area (Å²) in [7, 11) is 0. The van der Waals surface area contributed by atoms with Crippen LogP contribution in [0, 0.1) is 5.92 Å². The highest BCUT2D eigenvalue weighted by Crippen LogP contribution is 2.27. The Labute approximate surface area is 113 Å². The minimum absolute atomic E-state index is 0.117. The Morgan fingerprint density at radius 2 is 2.32 bits per heavy atom. The van der Waals surface area contributed by atoms with Gasteiger partial charge in [-0.25, -0.2) is 4.98 Å². The number of hydrogen-bond donors (Lipinski definition) is 2. The maximum Gasteiger partial charge on any atom is 0.222 e. The number of nitrogens with zero attached hydrogens (tertiary/aromatic N) is 2. The van der Waals surface area contributed by atoms with Crippen molar-refractivity contribution in [2.45, 2.75) is 38.8 Å². The number of carbonyl (C=O) groups is 1. The van der Waals surface area contributed by atoms with Crippen molar-refractivity contribution in [2.24, 2.45) is 11.7 Å². The minimum atomic E-state index is -0.520. The van der Waals surface area contributed by atoms with Gasteiger partial charge in [0.2, 0.25) is 5.91 Å². The number of aliphatic hydroxyl groups excluding tert-OH is 1. The highest BCUT2D eigenvalue weighted by molar-refractivity contribution is 5.77. The number of amides is 1. The van der Waals surface area contributed by atoms with Gasteiger partial charge in [-0.1, -0.05) is 0 Å². The van der Waals surface area contributed by atoms with Crippen molar-refractivity contribution in [2.75, 3.05) is 11.4 Å². The summed E-state index contributed by atoms with van der Waals surface area (Å²) in [5.74, 6) is 0.439. The van der Waals surface area contributed by atoms with Gasteiger partial charge in [0, 0.05) is 18.8 Å². The van der Waals surface area contributed by atoms with Crippen LogP contribution in [0.15, 0.2) is 18.3 Å². The zero-order chi connectivity index (χ0) is 14.0. The first kappa shape index (κ1) is 13.8. The molecule has 1 aliphatic heterocycles. The summed E-state index contributed by atoms with van der Waals surface area (Å²) >= 11 is 0. The monoisotopic (exact) mass is 263 g/mol. The highest BCUT2D eigenvalue weighted by atomic mass is 16.3. The van der Waals surface area contributed by atoms with Gasteiger partial charge >= 0.3 is 0 Å². The third-order valence-corrected chi connectivity index (χ3v) is 3.83. The fourth-order valence-electron chi connectivity index (χ4n) is 2.51. The molecule has 3 N–H and O–H groups in total. The smallest absolute Gasteiger partial charge is 0.222 e. The minimum Gasteiger partial charge on any atom is -0.389 e. The van der Waals surface area contributed by atoms with Gasteiger partial charge in [-0.3, -0.25) is 4.79 Å². The van der Waals surface area contributed by atoms with Crippen molar-refractivity contribution < 1.29 is 9.90 Å². The van der Waals surface area contributed by atoms with E-state index in [4.69, 9.17) is 5.73 Å². The lowest BCUT2D eigenvalue weighted by Crippen LogP contribution is -2.46. The van der Waals surface area contributed by atoms with E-state index in [1.807, 2.05) is 6.07 Å². The Morgan fingerprint density at radius 1 is 1.58 bits per heavy atom. The summed E-state index contributed by atoms with van der Waals surface area (Å²) in [6.45, 7) is 4.45. The van der Waals surface area contributed by atoms with Gasteiger partial charge < -0.3 is 15.7 Å². The molecule has 0 radical (unpaired) electrons. The summed E-state index contributed by atoms with van der Waals surface area (Å²) in [5, 5.41) is 9.63. The second-order valence-electron chi connectivity index (χ2n) is 5.30. The van der Waals surface area contributed by atoms with Crippen LogP contribution in [-0.4, -0.2) is 28.6 Å². The molecule has 0 saturated carbocycles. The molecule has 0 spiro atoms. The normalized spacial score (nSPS) is 25.1. The van der Waals surface area contributed by atoms with Crippen molar-refractivity contribution in [3.8, 4) is 0 Å². The summed E-state index contributed by atoms with van der Waals surface area (Å²) in [5.41, 5.74) is 6.24. The third-order valence-electron chi connectivity index (χ3n) is 3.83. The van der Waals surface area contributed by atoms with Gasteiger partial charge in [-0.05, 0) is 44.4 Å². The van der Waals surface area contributed by atoms with E-state index in [0.29, 0.717) is 12.6 Å². The number of primary amides is 1. The SMILES string of the molecule is CC1CCC(C(N)=O)CN1c1cc([C@@H](C)O)ccn1. The van der Waals surface area contributed by atoms with E-state index in [1.165, 1.54) is 0 Å². The van der Waals surface area contributed by atoms with E-state index in [9.17, 15) is 9.90 Å². The lowest BCUT2D eigenvalue weighted by atomic mass is 9.93. The zero-order valence-electron chi connectivity index (χ0n) is 11.4. The van der Waals surface area contributed by atoms with Crippen LogP contribution in [0.3, 0.4) is 0 Å². The third kappa shape index (κ3) is 3.04. The predicted octanol–water partition coefficient (Wildman–Crippen LogP) is 1.23. The Morgan fingerprint density at radius 3 is 2.95 bits per heavy atom. The fourth-order valence-corrected chi connectivity index (χ4v) is 2.51. The average Bonchev–Trinajstić information content (AvgIpc) is 2.39. The molecule has 1 fully saturated rings. The van der Waals surface area contributed by atoms with Crippen molar-refractivity contribution in [3.05, 3.63) is 23.9 Å². The highest BCUT2D eigenvalue weighted by Gasteiger charge is 2.29. The molecule has 0 bridgehead atoms. The summed E-state index contributed by atoms with van der Waals surface area (Å²) < 4.78 is 0. The lowest BCUT2D eigenvalue weighted by molar-refractivity contribution is -0.122. The first-order valence-electron chi connectivity index (χ1n) is 6.69. The summed E-state index contributed by atoms with van der Waals surface area (Å²) in [4.78, 5) is 17.8. The molecule has 1 amide bonds. The van der Waals surface area contributed by atoms with Crippen LogP contribution in [0.2, 0.25) is 0 Å². The van der Waals surface area contributed by atoms with E-state index >= 15 is 0 Å². The van der Waals surface area contributed by atoms with Crippen molar-refractivity contribution in [3.63, 3.8) is 0 Å². The van der Waals surface area contributed by atoms with E-state index < -0.39 is 6.10 Å². The van der Waals surface area contributed by atoms with Gasteiger partial charge in [0.15, 0.2) is 0 Å². The number of piperidine rings is 1. The molecular weight excluding hydrogens is 242 g/mol. The molecule has 1 aromatic rings. The Balaban J connectivity index is 2.23. The Bertz CT molecular complexity index is 462. The van der Waals surface area contributed by atoms with E-state index in [0.717, 1.165) is 24.2 Å². The van der Waals surface area contributed by atoms with E-state index in [1.54, 1.807) is 19.2 Å². The molecule has 1 aliphatic rings. The number of carbonyl (C=O) groups excluding carboxylic acids is 1. The number of pyridine rings is 1. The van der Waals surface area contributed by atoms with Crippen molar-refractivity contribution in [1.82, 2.24) is 4.98 Å². The number of aliphatic hydroxyl groups is 1. The molecule has 3 atom stereocenters. The van der Waals surface area contributed by atoms with Crippen molar-refractivity contribution >= 4 is 11.7 Å². The molecule has 2 rings (SSSR count). The molecule has 19 heavy (non-hydrogen) atoms. The molecule has 0 aliphatic carbocycles. The van der Waals surface area contributed by atoms with E-state index in [2.05, 4.69) is 16.8 Å². The Kier molecular flexibility index (Phi) is 4.04. The van der Waals surface area contributed by atoms with E-state index in [-0.39, 0.29) is 11.8 Å². The fraction of sp³-hybridized carbons (Fsp3) is 0.571. The topological polar surface area (TPSA) is 79.5 Å². The second kappa shape index (κ2) is 5.57. The van der Waals surface area contributed by atoms with Crippen LogP contribution >= 0.6 is 0 Å². The molecule has 1 aromatic heterocycles. The average molecular weight is 263 g/mol. The number of aromatic nitrogens is 1. The maximum absolute atomic E-state index is 11.3. The van der Waals surface area contributed by atoms with Crippen LogP contribution in [0.1, 0.15) is 38.4 Å². The molecule has 0 aromatic carbocycles. The van der Waals surface area contributed by atoms with Crippen LogP contribution in [0.4, 0.5) is 5.82 Å². The van der Waals surface area contributed by atoms with Gasteiger partial charge in [0.1, 0.15) is 5.82 Å². The molecule has 2 heterocycles. The first-order chi connectivity index (χ1) is 8.99. The van der Waals surface area contributed by atoms with Gasteiger partial charge in [0.25, 0.3) is 0 Å². The zero-order valence-corrected chi connectivity index (χ0v) is 11.4. The van der Waals surface area contributed by atoms with Crippen LogP contribution in [-0.2, 0) is 4.79 Å². The molecule has 5 heteroatoms. The Hall–Kier alpha value is -1.62. The molecule has 5 nitrogen and oxygen atoms in total. The first-order valence-corrected chi connectivity index (χ1v) is 6.69. The molecule has 1 saturated heterocycles. The van der Waals surface area contributed by atoms with Crippen LogP contribution < -0.4 is 10.6 Å². The largest absolute Gasteiger partial charge is 0.389 e. The second-order valence-corrected chi connectivity index (χ2v) is 5.30. The van der Waals surface area contributed by atoms with Crippen LogP contribution in [0.25, 0.3) is 0 Å². The van der Waals surface area contributed by atoms with Gasteiger partial charge in [-0.2, -0.15) is 0 Å². The maximum atomic E-state index is 11.3. The summed E-state index contributed by atoms with van der Waals surface area (Å²) in [6, 6.07) is 4.01. The molecule has 104 valence electrons. The molecule has 2 unspecified atom stereocenters. The molecular formula is C14H21N3O2. The van der Waals surface area contributed by atoms with Crippen LogP contribution in [0.5, 0.6) is 0 Å². The van der Waals surface area contributed by atoms with Gasteiger partial charge in [0.05, 0.1) is 12.0 Å². The summed E-state index contributed by atoms with van der Waals surface area (Å²) in [6.07, 6.45) is 2.93. The lowest BCUT2D eigenvalue weighted by Gasteiger charge is -2.38. The van der Waals surface area contributed by atoms with Gasteiger partial charge in [-0.15, -0.1) is 0 Å². The number of nitrogens with two attached hydrogens (primary N) is 1. The standard InChI is InChI=1S/C14H21N3O2/c1-9-3-4-12(14(15)19)8-17(9)13-7-11(10(2)18)5-6-16-13/h5-7,9-10,12,18H,3-4,8H2,1-2H3,(H2,15,19)/t9?,10-,12?/m1/s1. The van der Waals surface area contributed by atoms with Crippen molar-refractivity contribution in [1.29, 1.82) is 0 Å². The number of anilines is 1. The number of rotatable bonds is 3.